The van der Waals surface area contributed by atoms with Crippen LogP contribution in [0.25, 0.3) is 16.9 Å². The minimum absolute atomic E-state index is 0.354. The second-order valence-corrected chi connectivity index (χ2v) is 6.75. The predicted molar refractivity (Wildman–Crippen MR) is 100 cm³/mol. The SMILES string of the molecule is Cc1nc(N2CCCC2)ncc1-c1cc(=O)n(-c2ccc(OC(F)(F)F)cc2)[nH]1. The number of hydrogen-bond acceptors (Lipinski definition) is 5. The molecular weight excluding hydrogens is 387 g/mol. The summed E-state index contributed by atoms with van der Waals surface area (Å²) in [6, 6.07) is 6.43. The van der Waals surface area contributed by atoms with Crippen LogP contribution in [0.5, 0.6) is 5.75 Å². The van der Waals surface area contributed by atoms with Crippen molar-refractivity contribution >= 4 is 5.95 Å². The van der Waals surface area contributed by atoms with Crippen molar-refractivity contribution in [1.82, 2.24) is 19.7 Å². The van der Waals surface area contributed by atoms with E-state index in [-0.39, 0.29) is 11.3 Å². The Kier molecular flexibility index (Phi) is 4.77. The number of aromatic nitrogens is 4. The van der Waals surface area contributed by atoms with Gasteiger partial charge in [0.25, 0.3) is 5.56 Å². The van der Waals surface area contributed by atoms with Crippen LogP contribution in [0, 0.1) is 6.92 Å². The van der Waals surface area contributed by atoms with Gasteiger partial charge in [-0.15, -0.1) is 13.2 Å². The lowest BCUT2D eigenvalue weighted by Gasteiger charge is -2.16. The Bertz CT molecular complexity index is 1070. The van der Waals surface area contributed by atoms with Crippen molar-refractivity contribution in [3.63, 3.8) is 0 Å². The number of aromatic amines is 1. The summed E-state index contributed by atoms with van der Waals surface area (Å²) in [7, 11) is 0. The van der Waals surface area contributed by atoms with Gasteiger partial charge in [-0.3, -0.25) is 9.89 Å². The fourth-order valence-corrected chi connectivity index (χ4v) is 3.31. The van der Waals surface area contributed by atoms with Crippen LogP contribution in [0.2, 0.25) is 0 Å². The lowest BCUT2D eigenvalue weighted by atomic mass is 10.2. The zero-order valence-corrected chi connectivity index (χ0v) is 15.5. The Balaban J connectivity index is 1.60. The van der Waals surface area contributed by atoms with Gasteiger partial charge in [-0.05, 0) is 44.0 Å². The zero-order valence-electron chi connectivity index (χ0n) is 15.5. The average molecular weight is 405 g/mol. The molecular formula is C19H18F3N5O2. The first kappa shape index (κ1) is 19.0. The topological polar surface area (TPSA) is 76.0 Å². The number of rotatable bonds is 4. The number of hydrogen-bond donors (Lipinski definition) is 1. The monoisotopic (exact) mass is 405 g/mol. The molecule has 152 valence electrons. The number of halogens is 3. The van der Waals surface area contributed by atoms with E-state index in [4.69, 9.17) is 0 Å². The highest BCUT2D eigenvalue weighted by atomic mass is 19.4. The van der Waals surface area contributed by atoms with Gasteiger partial charge in [-0.2, -0.15) is 0 Å². The lowest BCUT2D eigenvalue weighted by Crippen LogP contribution is -2.20. The Morgan fingerprint density at radius 3 is 2.45 bits per heavy atom. The molecule has 3 heterocycles. The van der Waals surface area contributed by atoms with Gasteiger partial charge < -0.3 is 9.64 Å². The van der Waals surface area contributed by atoms with Crippen LogP contribution in [0.4, 0.5) is 19.1 Å². The number of alkyl halides is 3. The third-order valence-corrected chi connectivity index (χ3v) is 4.69. The Labute approximate surface area is 163 Å². The first-order valence-electron chi connectivity index (χ1n) is 9.07. The molecule has 1 aliphatic heterocycles. The predicted octanol–water partition coefficient (Wildman–Crippen LogP) is 3.43. The van der Waals surface area contributed by atoms with Crippen molar-refractivity contribution in [3.05, 3.63) is 52.6 Å². The van der Waals surface area contributed by atoms with E-state index in [1.165, 1.54) is 22.9 Å². The molecule has 0 unspecified atom stereocenters. The van der Waals surface area contributed by atoms with Crippen LogP contribution in [-0.4, -0.2) is 39.2 Å². The van der Waals surface area contributed by atoms with Crippen LogP contribution >= 0.6 is 0 Å². The highest BCUT2D eigenvalue weighted by molar-refractivity contribution is 5.61. The van der Waals surface area contributed by atoms with Crippen molar-refractivity contribution in [1.29, 1.82) is 0 Å². The van der Waals surface area contributed by atoms with E-state index in [2.05, 4.69) is 24.7 Å². The first-order valence-corrected chi connectivity index (χ1v) is 9.07. The van der Waals surface area contributed by atoms with E-state index < -0.39 is 6.36 Å². The van der Waals surface area contributed by atoms with E-state index in [9.17, 15) is 18.0 Å². The molecule has 0 bridgehead atoms. The highest BCUT2D eigenvalue weighted by Gasteiger charge is 2.31. The Morgan fingerprint density at radius 1 is 1.14 bits per heavy atom. The molecule has 3 aromatic rings. The van der Waals surface area contributed by atoms with Crippen molar-refractivity contribution in [2.45, 2.75) is 26.1 Å². The summed E-state index contributed by atoms with van der Waals surface area (Å²) in [5.74, 6) is 0.314. The summed E-state index contributed by atoms with van der Waals surface area (Å²) in [6.45, 7) is 3.70. The van der Waals surface area contributed by atoms with Crippen LogP contribution in [0.3, 0.4) is 0 Å². The van der Waals surface area contributed by atoms with Gasteiger partial charge in [0, 0.05) is 30.9 Å². The van der Waals surface area contributed by atoms with Crippen molar-refractivity contribution in [2.75, 3.05) is 18.0 Å². The Morgan fingerprint density at radius 2 is 1.83 bits per heavy atom. The fourth-order valence-electron chi connectivity index (χ4n) is 3.31. The van der Waals surface area contributed by atoms with E-state index in [0.717, 1.165) is 43.8 Å². The van der Waals surface area contributed by atoms with E-state index >= 15 is 0 Å². The molecule has 2 aromatic heterocycles. The highest BCUT2D eigenvalue weighted by Crippen LogP contribution is 2.25. The van der Waals surface area contributed by atoms with E-state index in [0.29, 0.717) is 22.9 Å². The number of H-pyrrole nitrogens is 1. The molecule has 1 fully saturated rings. The van der Waals surface area contributed by atoms with Gasteiger partial charge in [-0.1, -0.05) is 0 Å². The molecule has 1 N–H and O–H groups in total. The van der Waals surface area contributed by atoms with E-state index in [1.807, 2.05) is 6.92 Å². The van der Waals surface area contributed by atoms with Gasteiger partial charge in [0.2, 0.25) is 5.95 Å². The number of benzene rings is 1. The number of anilines is 1. The maximum Gasteiger partial charge on any atom is 0.573 e. The maximum absolute atomic E-state index is 12.4. The van der Waals surface area contributed by atoms with Gasteiger partial charge in [0.15, 0.2) is 0 Å². The summed E-state index contributed by atoms with van der Waals surface area (Å²) in [5, 5.41) is 2.96. The summed E-state index contributed by atoms with van der Waals surface area (Å²) in [6.07, 6.45) is -0.858. The Hall–Kier alpha value is -3.30. The molecule has 0 amide bonds. The molecule has 1 aliphatic rings. The van der Waals surface area contributed by atoms with Crippen LogP contribution < -0.4 is 15.2 Å². The second kappa shape index (κ2) is 7.26. The summed E-state index contributed by atoms with van der Waals surface area (Å²) < 4.78 is 41.9. The third kappa shape index (κ3) is 4.10. The number of nitrogens with one attached hydrogen (secondary N) is 1. The molecule has 0 saturated carbocycles. The normalized spacial score (nSPS) is 14.4. The molecule has 7 nitrogen and oxygen atoms in total. The average Bonchev–Trinajstić information content (AvgIpc) is 3.31. The smallest absolute Gasteiger partial charge is 0.406 e. The largest absolute Gasteiger partial charge is 0.573 e. The summed E-state index contributed by atoms with van der Waals surface area (Å²) >= 11 is 0. The summed E-state index contributed by atoms with van der Waals surface area (Å²) in [5.41, 5.74) is 1.96. The molecule has 1 aromatic carbocycles. The fraction of sp³-hybridized carbons (Fsp3) is 0.316. The molecule has 0 radical (unpaired) electrons. The molecule has 0 atom stereocenters. The molecule has 29 heavy (non-hydrogen) atoms. The first-order chi connectivity index (χ1) is 13.8. The van der Waals surface area contributed by atoms with Gasteiger partial charge in [-0.25, -0.2) is 14.6 Å². The van der Waals surface area contributed by atoms with Gasteiger partial charge >= 0.3 is 6.36 Å². The lowest BCUT2D eigenvalue weighted by molar-refractivity contribution is -0.274. The van der Waals surface area contributed by atoms with Crippen molar-refractivity contribution in [2.24, 2.45) is 0 Å². The standard InChI is InChI=1S/C19H18F3N5O2/c1-12-15(11-23-18(24-12)26-8-2-3-9-26)16-10-17(28)27(25-16)13-4-6-14(7-5-13)29-19(20,21)22/h4-7,10-11,25H,2-3,8-9H2,1H3. The summed E-state index contributed by atoms with van der Waals surface area (Å²) in [4.78, 5) is 23.5. The quantitative estimate of drug-likeness (QED) is 0.720. The third-order valence-electron chi connectivity index (χ3n) is 4.69. The van der Waals surface area contributed by atoms with Crippen LogP contribution in [-0.2, 0) is 0 Å². The molecule has 0 spiro atoms. The minimum atomic E-state index is -4.77. The minimum Gasteiger partial charge on any atom is -0.406 e. The van der Waals surface area contributed by atoms with E-state index in [1.54, 1.807) is 6.20 Å². The molecule has 10 heteroatoms. The molecule has 1 saturated heterocycles. The maximum atomic E-state index is 12.4. The van der Waals surface area contributed by atoms with Crippen molar-refractivity contribution in [3.8, 4) is 22.7 Å². The number of aryl methyl sites for hydroxylation is 1. The molecule has 4 rings (SSSR count). The number of nitrogens with zero attached hydrogens (tertiary/aromatic N) is 4. The number of ether oxygens (including phenoxy) is 1. The van der Waals surface area contributed by atoms with Crippen LogP contribution in [0.15, 0.2) is 41.3 Å². The van der Waals surface area contributed by atoms with Gasteiger partial charge in [0.05, 0.1) is 17.1 Å². The van der Waals surface area contributed by atoms with Crippen LogP contribution in [0.1, 0.15) is 18.5 Å². The zero-order chi connectivity index (χ0) is 20.6. The second-order valence-electron chi connectivity index (χ2n) is 6.75. The van der Waals surface area contributed by atoms with Gasteiger partial charge in [0.1, 0.15) is 5.75 Å². The van der Waals surface area contributed by atoms with Crippen molar-refractivity contribution < 1.29 is 17.9 Å². The molecule has 0 aliphatic carbocycles.